The molecule has 110 valence electrons. The Morgan fingerprint density at radius 1 is 1.14 bits per heavy atom. The van der Waals surface area contributed by atoms with Gasteiger partial charge in [0.05, 0.1) is 6.54 Å². The van der Waals surface area contributed by atoms with Gasteiger partial charge in [0, 0.05) is 11.1 Å². The Balaban J connectivity index is 1.89. The lowest BCUT2D eigenvalue weighted by Gasteiger charge is -2.07. The lowest BCUT2D eigenvalue weighted by Crippen LogP contribution is -2.18. The Morgan fingerprint density at radius 2 is 1.95 bits per heavy atom. The van der Waals surface area contributed by atoms with E-state index in [2.05, 4.69) is 10.1 Å². The molecule has 3 aromatic rings. The van der Waals surface area contributed by atoms with Gasteiger partial charge in [-0.2, -0.15) is 5.10 Å². The summed E-state index contributed by atoms with van der Waals surface area (Å²) in [5.74, 6) is 0.223. The summed E-state index contributed by atoms with van der Waals surface area (Å²) in [6, 6.07) is 16.8. The molecule has 0 unspecified atom stereocenters. The van der Waals surface area contributed by atoms with Gasteiger partial charge in [-0.25, -0.2) is 15.1 Å². The van der Waals surface area contributed by atoms with E-state index in [0.29, 0.717) is 12.1 Å². The minimum atomic E-state index is -0.538. The summed E-state index contributed by atoms with van der Waals surface area (Å²) in [6.45, 7) is 0.483. The molecule has 2 aromatic carbocycles. The van der Waals surface area contributed by atoms with Crippen LogP contribution in [0.3, 0.4) is 0 Å². The van der Waals surface area contributed by atoms with Crippen molar-refractivity contribution in [2.45, 2.75) is 6.54 Å². The Hall–Kier alpha value is -2.99. The zero-order valence-electron chi connectivity index (χ0n) is 11.7. The van der Waals surface area contributed by atoms with E-state index in [4.69, 9.17) is 5.21 Å². The van der Waals surface area contributed by atoms with Gasteiger partial charge >= 0.3 is 0 Å². The van der Waals surface area contributed by atoms with E-state index in [0.717, 1.165) is 17.0 Å². The molecule has 0 saturated carbocycles. The third-order valence-corrected chi connectivity index (χ3v) is 3.27. The molecule has 0 fully saturated rings. The van der Waals surface area contributed by atoms with Crippen LogP contribution < -0.4 is 5.48 Å². The topological polar surface area (TPSA) is 80.0 Å². The summed E-state index contributed by atoms with van der Waals surface area (Å²) in [5, 5.41) is 12.9. The zero-order chi connectivity index (χ0) is 15.4. The molecular formula is C16H14N4O2. The van der Waals surface area contributed by atoms with Crippen molar-refractivity contribution in [2.24, 2.45) is 0 Å². The lowest BCUT2D eigenvalue weighted by atomic mass is 10.1. The Morgan fingerprint density at radius 3 is 2.73 bits per heavy atom. The molecule has 0 aliphatic heterocycles. The van der Waals surface area contributed by atoms with Crippen molar-refractivity contribution in [2.75, 3.05) is 0 Å². The highest BCUT2D eigenvalue weighted by atomic mass is 16.5. The maximum absolute atomic E-state index is 11.5. The molecule has 6 nitrogen and oxygen atoms in total. The van der Waals surface area contributed by atoms with Gasteiger partial charge in [0.1, 0.15) is 6.33 Å². The number of benzene rings is 2. The van der Waals surface area contributed by atoms with Gasteiger partial charge < -0.3 is 0 Å². The van der Waals surface area contributed by atoms with Crippen molar-refractivity contribution in [1.29, 1.82) is 0 Å². The van der Waals surface area contributed by atoms with Crippen LogP contribution in [-0.4, -0.2) is 25.9 Å². The van der Waals surface area contributed by atoms with Gasteiger partial charge in [0.25, 0.3) is 5.91 Å². The lowest BCUT2D eigenvalue weighted by molar-refractivity contribution is 0.0706. The van der Waals surface area contributed by atoms with Crippen molar-refractivity contribution < 1.29 is 10.0 Å². The van der Waals surface area contributed by atoms with Gasteiger partial charge in [0.2, 0.25) is 0 Å². The number of aromatic nitrogens is 3. The average molecular weight is 294 g/mol. The second-order valence-corrected chi connectivity index (χ2v) is 4.75. The van der Waals surface area contributed by atoms with Crippen LogP contribution in [0.5, 0.6) is 0 Å². The summed E-state index contributed by atoms with van der Waals surface area (Å²) >= 11 is 0. The number of hydroxylamine groups is 1. The van der Waals surface area contributed by atoms with Crippen molar-refractivity contribution in [3.05, 3.63) is 72.1 Å². The molecule has 0 saturated heterocycles. The number of hydrogen-bond donors (Lipinski definition) is 2. The first kappa shape index (κ1) is 14.0. The fourth-order valence-corrected chi connectivity index (χ4v) is 2.24. The van der Waals surface area contributed by atoms with E-state index < -0.39 is 5.91 Å². The van der Waals surface area contributed by atoms with Crippen LogP contribution in [0.25, 0.3) is 11.4 Å². The molecule has 1 amide bonds. The van der Waals surface area contributed by atoms with Crippen LogP contribution in [0, 0.1) is 0 Å². The fraction of sp³-hybridized carbons (Fsp3) is 0.0625. The summed E-state index contributed by atoms with van der Waals surface area (Å²) in [7, 11) is 0. The molecule has 6 heteroatoms. The van der Waals surface area contributed by atoms with E-state index in [9.17, 15) is 4.79 Å². The minimum Gasteiger partial charge on any atom is -0.288 e. The molecule has 0 aliphatic carbocycles. The molecule has 0 bridgehead atoms. The molecule has 3 rings (SSSR count). The SMILES string of the molecule is O=C(NO)c1cccc(Cn2ncnc2-c2ccccc2)c1. The molecular weight excluding hydrogens is 280 g/mol. The third kappa shape index (κ3) is 2.87. The zero-order valence-corrected chi connectivity index (χ0v) is 11.7. The highest BCUT2D eigenvalue weighted by Gasteiger charge is 2.09. The van der Waals surface area contributed by atoms with E-state index in [-0.39, 0.29) is 0 Å². The number of amides is 1. The molecule has 0 radical (unpaired) electrons. The van der Waals surface area contributed by atoms with Crippen LogP contribution in [0.1, 0.15) is 15.9 Å². The fourth-order valence-electron chi connectivity index (χ4n) is 2.24. The average Bonchev–Trinajstić information content (AvgIpc) is 3.03. The number of nitrogens with one attached hydrogen (secondary N) is 1. The Kier molecular flexibility index (Phi) is 3.93. The van der Waals surface area contributed by atoms with Crippen molar-refractivity contribution in [1.82, 2.24) is 20.2 Å². The van der Waals surface area contributed by atoms with Gasteiger partial charge in [-0.3, -0.25) is 10.0 Å². The first-order chi connectivity index (χ1) is 10.8. The highest BCUT2D eigenvalue weighted by molar-refractivity contribution is 5.93. The standard InChI is InChI=1S/C16H14N4O2/c21-16(19-22)14-8-4-5-12(9-14)10-20-15(17-11-18-20)13-6-2-1-3-7-13/h1-9,11,22H,10H2,(H,19,21). The van der Waals surface area contributed by atoms with Crippen LogP contribution in [-0.2, 0) is 6.54 Å². The maximum atomic E-state index is 11.5. The molecule has 2 N–H and O–H groups in total. The van der Waals surface area contributed by atoms with Crippen LogP contribution >= 0.6 is 0 Å². The second kappa shape index (κ2) is 6.19. The number of carbonyl (C=O) groups is 1. The molecule has 0 aliphatic rings. The van der Waals surface area contributed by atoms with Crippen LogP contribution in [0.15, 0.2) is 60.9 Å². The quantitative estimate of drug-likeness (QED) is 0.570. The maximum Gasteiger partial charge on any atom is 0.274 e. The van der Waals surface area contributed by atoms with Crippen LogP contribution in [0.4, 0.5) is 0 Å². The van der Waals surface area contributed by atoms with E-state index in [1.807, 2.05) is 36.4 Å². The van der Waals surface area contributed by atoms with Crippen LogP contribution in [0.2, 0.25) is 0 Å². The summed E-state index contributed by atoms with van der Waals surface area (Å²) in [4.78, 5) is 15.7. The van der Waals surface area contributed by atoms with Gasteiger partial charge in [0.15, 0.2) is 5.82 Å². The number of nitrogens with zero attached hydrogens (tertiary/aromatic N) is 3. The highest BCUT2D eigenvalue weighted by Crippen LogP contribution is 2.17. The number of rotatable bonds is 4. The van der Waals surface area contributed by atoms with Gasteiger partial charge in [-0.05, 0) is 17.7 Å². The molecule has 1 aromatic heterocycles. The molecule has 0 spiro atoms. The van der Waals surface area contributed by atoms with E-state index in [1.165, 1.54) is 6.33 Å². The first-order valence-corrected chi connectivity index (χ1v) is 6.74. The summed E-state index contributed by atoms with van der Waals surface area (Å²) in [5.41, 5.74) is 3.89. The van der Waals surface area contributed by atoms with E-state index >= 15 is 0 Å². The van der Waals surface area contributed by atoms with Crippen molar-refractivity contribution >= 4 is 5.91 Å². The Bertz CT molecular complexity index is 784. The molecule has 1 heterocycles. The van der Waals surface area contributed by atoms with E-state index in [1.54, 1.807) is 28.4 Å². The van der Waals surface area contributed by atoms with Crippen molar-refractivity contribution in [3.8, 4) is 11.4 Å². The molecule has 22 heavy (non-hydrogen) atoms. The Labute approximate surface area is 127 Å². The smallest absolute Gasteiger partial charge is 0.274 e. The normalized spacial score (nSPS) is 10.4. The summed E-state index contributed by atoms with van der Waals surface area (Å²) in [6.07, 6.45) is 1.51. The van der Waals surface area contributed by atoms with Gasteiger partial charge in [-0.1, -0.05) is 42.5 Å². The predicted molar refractivity (Wildman–Crippen MR) is 80.3 cm³/mol. The summed E-state index contributed by atoms with van der Waals surface area (Å²) < 4.78 is 1.77. The van der Waals surface area contributed by atoms with Crippen molar-refractivity contribution in [3.63, 3.8) is 0 Å². The third-order valence-electron chi connectivity index (χ3n) is 3.27. The minimum absolute atomic E-state index is 0.390. The number of hydrogen-bond acceptors (Lipinski definition) is 4. The monoisotopic (exact) mass is 294 g/mol. The first-order valence-electron chi connectivity index (χ1n) is 6.74. The molecule has 0 atom stereocenters. The van der Waals surface area contributed by atoms with Gasteiger partial charge in [-0.15, -0.1) is 0 Å². The second-order valence-electron chi connectivity index (χ2n) is 4.75. The number of carbonyl (C=O) groups excluding carboxylic acids is 1. The largest absolute Gasteiger partial charge is 0.288 e. The predicted octanol–water partition coefficient (Wildman–Crippen LogP) is 2.11.